The molecule has 0 unspecified atom stereocenters. The van der Waals surface area contributed by atoms with E-state index < -0.39 is 0 Å². The molecule has 0 amide bonds. The first-order valence-corrected chi connectivity index (χ1v) is 11.3. The Morgan fingerprint density at radius 3 is 1.41 bits per heavy atom. The van der Waals surface area contributed by atoms with Crippen LogP contribution in [-0.2, 0) is 10.8 Å². The van der Waals surface area contributed by atoms with Crippen molar-refractivity contribution in [2.45, 2.75) is 91.9 Å². The maximum atomic E-state index is 9.15. The topological polar surface area (TPSA) is 66.0 Å². The number of aryl methyl sites for hydroxylation is 2. The second-order valence-electron chi connectivity index (χ2n) is 10.6. The van der Waals surface area contributed by atoms with Crippen molar-refractivity contribution in [3.8, 4) is 24.0 Å². The first kappa shape index (κ1) is 25.3. The van der Waals surface area contributed by atoms with Crippen molar-refractivity contribution in [3.05, 3.63) is 57.6 Å². The van der Waals surface area contributed by atoms with E-state index in [1.54, 1.807) is 0 Å². The van der Waals surface area contributed by atoms with E-state index in [1.807, 2.05) is 24.6 Å². The fraction of sp³-hybridized carbons (Fsp3) is 0.500. The molecule has 4 nitrogen and oxygen atoms in total. The third-order valence-electron chi connectivity index (χ3n) is 5.99. The number of nitriles is 2. The van der Waals surface area contributed by atoms with Crippen LogP contribution in [0.15, 0.2) is 24.3 Å². The van der Waals surface area contributed by atoms with E-state index in [0.29, 0.717) is 11.5 Å². The van der Waals surface area contributed by atoms with E-state index in [2.05, 4.69) is 74.4 Å². The molecule has 0 saturated heterocycles. The molecule has 4 heteroatoms. The molecular formula is C28H36N2O2. The summed E-state index contributed by atoms with van der Waals surface area (Å²) in [7, 11) is 0. The van der Waals surface area contributed by atoms with Gasteiger partial charge in [-0.3, -0.25) is 0 Å². The average Bonchev–Trinajstić information content (AvgIpc) is 2.66. The smallest absolute Gasteiger partial charge is 0.292 e. The van der Waals surface area contributed by atoms with Crippen molar-refractivity contribution in [2.75, 3.05) is 0 Å². The largest absolute Gasteiger partial charge is 0.388 e. The zero-order valence-corrected chi connectivity index (χ0v) is 21.0. The van der Waals surface area contributed by atoms with Gasteiger partial charge in [-0.1, -0.05) is 67.0 Å². The monoisotopic (exact) mass is 432 g/mol. The van der Waals surface area contributed by atoms with Gasteiger partial charge in [0, 0.05) is 17.0 Å². The van der Waals surface area contributed by atoms with Crippen LogP contribution < -0.4 is 9.47 Å². The van der Waals surface area contributed by atoms with Crippen LogP contribution in [-0.4, -0.2) is 0 Å². The number of rotatable bonds is 6. The predicted molar refractivity (Wildman–Crippen MR) is 129 cm³/mol. The van der Waals surface area contributed by atoms with Crippen LogP contribution in [0.25, 0.3) is 0 Å². The fourth-order valence-corrected chi connectivity index (χ4v) is 4.35. The molecule has 0 atom stereocenters. The standard InChI is InChI=1S/C28H36N2O2/c1-10-11-20(21-14-23(27(4,5)6)25(31-16-29)12-18(21)2)22-15-24(28(7,8)9)26(32-17-30)13-19(22)3/h12-15,20H,10-11H2,1-9H3. The van der Waals surface area contributed by atoms with Crippen molar-refractivity contribution in [2.24, 2.45) is 0 Å². The van der Waals surface area contributed by atoms with Crippen molar-refractivity contribution in [1.29, 1.82) is 10.5 Å². The van der Waals surface area contributed by atoms with E-state index >= 15 is 0 Å². The van der Waals surface area contributed by atoms with Gasteiger partial charge in [-0.2, -0.15) is 0 Å². The van der Waals surface area contributed by atoms with Gasteiger partial charge in [0.2, 0.25) is 0 Å². The van der Waals surface area contributed by atoms with Crippen LogP contribution in [0.1, 0.15) is 101 Å². The van der Waals surface area contributed by atoms with Gasteiger partial charge >= 0.3 is 0 Å². The molecule has 0 fully saturated rings. The summed E-state index contributed by atoms with van der Waals surface area (Å²) >= 11 is 0. The Kier molecular flexibility index (Phi) is 7.63. The van der Waals surface area contributed by atoms with E-state index in [4.69, 9.17) is 20.0 Å². The van der Waals surface area contributed by atoms with Crippen molar-refractivity contribution in [1.82, 2.24) is 0 Å². The molecule has 2 aromatic rings. The molecule has 0 aliphatic rings. The molecule has 0 spiro atoms. The molecule has 32 heavy (non-hydrogen) atoms. The first-order chi connectivity index (χ1) is 14.8. The Morgan fingerprint density at radius 1 is 0.750 bits per heavy atom. The highest BCUT2D eigenvalue weighted by Crippen LogP contribution is 2.43. The summed E-state index contributed by atoms with van der Waals surface area (Å²) in [5, 5.41) is 18.3. The second kappa shape index (κ2) is 9.66. The molecule has 2 aromatic carbocycles. The highest BCUT2D eigenvalue weighted by atomic mass is 16.5. The van der Waals surface area contributed by atoms with Crippen LogP contribution >= 0.6 is 0 Å². The number of hydrogen-bond donors (Lipinski definition) is 0. The van der Waals surface area contributed by atoms with Crippen LogP contribution in [0.5, 0.6) is 11.5 Å². The van der Waals surface area contributed by atoms with E-state index in [9.17, 15) is 0 Å². The Balaban J connectivity index is 2.80. The molecule has 0 bridgehead atoms. The summed E-state index contributed by atoms with van der Waals surface area (Å²) in [4.78, 5) is 0. The summed E-state index contributed by atoms with van der Waals surface area (Å²) < 4.78 is 10.7. The van der Waals surface area contributed by atoms with Gasteiger partial charge < -0.3 is 9.47 Å². The lowest BCUT2D eigenvalue weighted by Crippen LogP contribution is -2.17. The predicted octanol–water partition coefficient (Wildman–Crippen LogP) is 7.55. The third-order valence-corrected chi connectivity index (χ3v) is 5.99. The normalized spacial score (nSPS) is 11.8. The maximum Gasteiger partial charge on any atom is 0.292 e. The molecule has 0 radical (unpaired) electrons. The Labute approximate surface area is 193 Å². The Hall–Kier alpha value is -2.98. The lowest BCUT2D eigenvalue weighted by atomic mass is 9.76. The van der Waals surface area contributed by atoms with Gasteiger partial charge in [0.15, 0.2) is 0 Å². The molecule has 0 aromatic heterocycles. The zero-order chi connectivity index (χ0) is 24.3. The van der Waals surface area contributed by atoms with Gasteiger partial charge in [0.05, 0.1) is 0 Å². The SMILES string of the molecule is CCCC(c1cc(C(C)(C)C)c(OC#N)cc1C)c1cc(C(C)(C)C)c(OC#N)cc1C. The molecule has 0 heterocycles. The number of ether oxygens (including phenoxy) is 2. The average molecular weight is 433 g/mol. The van der Waals surface area contributed by atoms with Gasteiger partial charge in [-0.05, 0) is 65.5 Å². The van der Waals surface area contributed by atoms with Crippen LogP contribution in [0, 0.1) is 36.9 Å². The number of hydrogen-bond acceptors (Lipinski definition) is 4. The molecule has 170 valence electrons. The molecule has 0 aliphatic heterocycles. The molecule has 0 saturated carbocycles. The third kappa shape index (κ3) is 5.43. The summed E-state index contributed by atoms with van der Waals surface area (Å²) in [5.41, 5.74) is 6.44. The van der Waals surface area contributed by atoms with E-state index in [-0.39, 0.29) is 16.7 Å². The lowest BCUT2D eigenvalue weighted by Gasteiger charge is -2.29. The van der Waals surface area contributed by atoms with Gasteiger partial charge in [-0.15, -0.1) is 10.5 Å². The van der Waals surface area contributed by atoms with Gasteiger partial charge in [0.1, 0.15) is 11.5 Å². The minimum atomic E-state index is -0.165. The summed E-state index contributed by atoms with van der Waals surface area (Å²) in [6, 6.07) is 8.43. The van der Waals surface area contributed by atoms with Crippen molar-refractivity contribution < 1.29 is 9.47 Å². The van der Waals surface area contributed by atoms with Crippen molar-refractivity contribution in [3.63, 3.8) is 0 Å². The summed E-state index contributed by atoms with van der Waals surface area (Å²) in [6.07, 6.45) is 5.71. The fourth-order valence-electron chi connectivity index (χ4n) is 4.35. The quantitative estimate of drug-likeness (QED) is 0.442. The van der Waals surface area contributed by atoms with E-state index in [0.717, 1.165) is 35.1 Å². The van der Waals surface area contributed by atoms with Crippen LogP contribution in [0.4, 0.5) is 0 Å². The summed E-state index contributed by atoms with van der Waals surface area (Å²) in [6.45, 7) is 19.2. The van der Waals surface area contributed by atoms with Gasteiger partial charge in [0.25, 0.3) is 12.5 Å². The van der Waals surface area contributed by atoms with Crippen molar-refractivity contribution >= 4 is 0 Å². The molecular weight excluding hydrogens is 396 g/mol. The molecule has 0 N–H and O–H groups in total. The van der Waals surface area contributed by atoms with E-state index in [1.165, 1.54) is 11.1 Å². The Morgan fingerprint density at radius 2 is 1.12 bits per heavy atom. The van der Waals surface area contributed by atoms with Crippen LogP contribution in [0.3, 0.4) is 0 Å². The minimum absolute atomic E-state index is 0.165. The molecule has 2 rings (SSSR count). The first-order valence-electron chi connectivity index (χ1n) is 11.3. The zero-order valence-electron chi connectivity index (χ0n) is 21.0. The second-order valence-corrected chi connectivity index (χ2v) is 10.6. The maximum absolute atomic E-state index is 9.15. The minimum Gasteiger partial charge on any atom is -0.388 e. The number of nitrogens with zero attached hydrogens (tertiary/aromatic N) is 2. The summed E-state index contributed by atoms with van der Waals surface area (Å²) in [5.74, 6) is 1.44. The van der Waals surface area contributed by atoms with Crippen LogP contribution in [0.2, 0.25) is 0 Å². The highest BCUT2D eigenvalue weighted by molar-refractivity contribution is 5.53. The van der Waals surface area contributed by atoms with Gasteiger partial charge in [-0.25, -0.2) is 0 Å². The molecule has 0 aliphatic carbocycles. The lowest BCUT2D eigenvalue weighted by molar-refractivity contribution is 0.471. The Bertz CT molecular complexity index is 974. The highest BCUT2D eigenvalue weighted by Gasteiger charge is 2.28. The number of benzene rings is 2.